The lowest BCUT2D eigenvalue weighted by molar-refractivity contribution is 0.108. The Hall–Kier alpha value is -2.74. The number of ether oxygens (including phenoxy) is 1. The molecule has 0 fully saturated rings. The van der Waals surface area contributed by atoms with Crippen LogP contribution in [0.1, 0.15) is 0 Å². The van der Waals surface area contributed by atoms with E-state index in [1.807, 2.05) is 0 Å². The third kappa shape index (κ3) is 5.47. The molecule has 0 aromatic heterocycles. The lowest BCUT2D eigenvalue weighted by Crippen LogP contribution is -2.37. The summed E-state index contributed by atoms with van der Waals surface area (Å²) in [5, 5.41) is 14.5. The van der Waals surface area contributed by atoms with Gasteiger partial charge in [-0.25, -0.2) is 18.0 Å². The first-order chi connectivity index (χ1) is 11.4. The zero-order valence-electron chi connectivity index (χ0n) is 12.4. The van der Waals surface area contributed by atoms with Crippen molar-refractivity contribution >= 4 is 11.7 Å². The van der Waals surface area contributed by atoms with Gasteiger partial charge in [0.25, 0.3) is 0 Å². The normalized spacial score (nSPS) is 11.7. The van der Waals surface area contributed by atoms with Crippen LogP contribution in [0.3, 0.4) is 0 Å². The molecule has 0 aliphatic carbocycles. The van der Waals surface area contributed by atoms with Crippen molar-refractivity contribution in [3.8, 4) is 5.75 Å². The number of benzene rings is 2. The quantitative estimate of drug-likeness (QED) is 0.757. The van der Waals surface area contributed by atoms with Crippen LogP contribution in [0.5, 0.6) is 5.75 Å². The number of amides is 2. The molecule has 0 radical (unpaired) electrons. The molecule has 0 aliphatic rings. The Morgan fingerprint density at radius 1 is 1.08 bits per heavy atom. The summed E-state index contributed by atoms with van der Waals surface area (Å²) in [6.45, 7) is -0.349. The minimum atomic E-state index is -1.06. The number of aliphatic hydroxyl groups is 1. The van der Waals surface area contributed by atoms with Crippen molar-refractivity contribution in [2.45, 2.75) is 6.10 Å². The number of carbonyl (C=O) groups excluding carboxylic acids is 1. The van der Waals surface area contributed by atoms with Crippen molar-refractivity contribution in [2.75, 3.05) is 18.5 Å². The molecule has 2 aromatic rings. The summed E-state index contributed by atoms with van der Waals surface area (Å²) in [6, 6.07) is 7.56. The van der Waals surface area contributed by atoms with Crippen LogP contribution in [0, 0.1) is 17.5 Å². The van der Waals surface area contributed by atoms with Gasteiger partial charge in [-0.15, -0.1) is 0 Å². The highest BCUT2D eigenvalue weighted by molar-refractivity contribution is 5.89. The van der Waals surface area contributed by atoms with Crippen LogP contribution in [-0.2, 0) is 0 Å². The highest BCUT2D eigenvalue weighted by Crippen LogP contribution is 2.15. The molecule has 0 saturated heterocycles. The maximum absolute atomic E-state index is 13.0. The van der Waals surface area contributed by atoms with Crippen LogP contribution in [0.15, 0.2) is 42.5 Å². The minimum Gasteiger partial charge on any atom is -0.491 e. The molecule has 3 N–H and O–H groups in total. The molecule has 0 spiro atoms. The second-order valence-electron chi connectivity index (χ2n) is 4.88. The predicted molar refractivity (Wildman–Crippen MR) is 81.3 cm³/mol. The molecule has 24 heavy (non-hydrogen) atoms. The summed E-state index contributed by atoms with van der Waals surface area (Å²) in [7, 11) is 0. The number of rotatable bonds is 6. The molecular weight excluding hydrogens is 325 g/mol. The summed E-state index contributed by atoms with van der Waals surface area (Å²) in [5.41, 5.74) is 0.390. The average Bonchev–Trinajstić information content (AvgIpc) is 2.56. The maximum Gasteiger partial charge on any atom is 0.319 e. The fourth-order valence-corrected chi connectivity index (χ4v) is 1.74. The summed E-state index contributed by atoms with van der Waals surface area (Å²) < 4.78 is 43.6. The van der Waals surface area contributed by atoms with E-state index in [-0.39, 0.29) is 18.9 Å². The topological polar surface area (TPSA) is 70.6 Å². The van der Waals surface area contributed by atoms with Gasteiger partial charge in [0.05, 0.1) is 0 Å². The molecule has 128 valence electrons. The number of hydrogen-bond acceptors (Lipinski definition) is 3. The Morgan fingerprint density at radius 2 is 1.79 bits per heavy atom. The third-order valence-corrected chi connectivity index (χ3v) is 2.93. The molecule has 0 heterocycles. The number of urea groups is 1. The van der Waals surface area contributed by atoms with E-state index in [0.717, 1.165) is 12.1 Å². The van der Waals surface area contributed by atoms with Crippen molar-refractivity contribution in [3.05, 3.63) is 59.9 Å². The lowest BCUT2D eigenvalue weighted by Gasteiger charge is -2.14. The second-order valence-corrected chi connectivity index (χ2v) is 4.88. The van der Waals surface area contributed by atoms with E-state index in [1.165, 1.54) is 30.3 Å². The van der Waals surface area contributed by atoms with Gasteiger partial charge in [0, 0.05) is 18.3 Å². The monoisotopic (exact) mass is 340 g/mol. The summed E-state index contributed by atoms with van der Waals surface area (Å²) >= 11 is 0. The van der Waals surface area contributed by atoms with Crippen LogP contribution in [0.25, 0.3) is 0 Å². The smallest absolute Gasteiger partial charge is 0.319 e. The van der Waals surface area contributed by atoms with Gasteiger partial charge in [-0.2, -0.15) is 0 Å². The minimum absolute atomic E-state index is 0.0590. The molecular formula is C16H15F3N2O3. The molecule has 0 aliphatic heterocycles. The lowest BCUT2D eigenvalue weighted by atomic mass is 10.3. The van der Waals surface area contributed by atoms with Gasteiger partial charge in [0.1, 0.15) is 24.3 Å². The first-order valence-electron chi connectivity index (χ1n) is 7.00. The SMILES string of the molecule is O=C(NCC(O)COc1ccc(F)c(F)c1)Nc1ccc(F)cc1. The van der Waals surface area contributed by atoms with Gasteiger partial charge < -0.3 is 20.5 Å². The van der Waals surface area contributed by atoms with E-state index in [1.54, 1.807) is 0 Å². The Bertz CT molecular complexity index is 695. The number of anilines is 1. The number of nitrogens with one attached hydrogen (secondary N) is 2. The molecule has 1 atom stereocenters. The second kappa shape index (κ2) is 8.21. The average molecular weight is 340 g/mol. The highest BCUT2D eigenvalue weighted by atomic mass is 19.2. The van der Waals surface area contributed by atoms with Crippen molar-refractivity contribution in [2.24, 2.45) is 0 Å². The first kappa shape index (κ1) is 17.6. The van der Waals surface area contributed by atoms with Crippen molar-refractivity contribution in [1.29, 1.82) is 0 Å². The molecule has 0 saturated carbocycles. The summed E-state index contributed by atoms with van der Waals surface area (Å²) in [4.78, 5) is 11.6. The zero-order valence-corrected chi connectivity index (χ0v) is 12.4. The summed E-state index contributed by atoms with van der Waals surface area (Å²) in [5.74, 6) is -2.42. The Kier molecular flexibility index (Phi) is 6.02. The molecule has 2 rings (SSSR count). The van der Waals surface area contributed by atoms with E-state index < -0.39 is 29.6 Å². The molecule has 2 aromatic carbocycles. The van der Waals surface area contributed by atoms with Crippen LogP contribution in [0.4, 0.5) is 23.7 Å². The molecule has 1 unspecified atom stereocenters. The highest BCUT2D eigenvalue weighted by Gasteiger charge is 2.09. The number of aliphatic hydroxyl groups excluding tert-OH is 1. The third-order valence-electron chi connectivity index (χ3n) is 2.93. The Morgan fingerprint density at radius 3 is 2.46 bits per heavy atom. The van der Waals surface area contributed by atoms with E-state index in [0.29, 0.717) is 5.69 Å². The van der Waals surface area contributed by atoms with Crippen LogP contribution in [-0.4, -0.2) is 30.4 Å². The van der Waals surface area contributed by atoms with E-state index >= 15 is 0 Å². The van der Waals surface area contributed by atoms with E-state index in [9.17, 15) is 23.1 Å². The van der Waals surface area contributed by atoms with Crippen molar-refractivity contribution in [3.63, 3.8) is 0 Å². The molecule has 2 amide bonds. The standard InChI is InChI=1S/C16H15F3N2O3/c17-10-1-3-11(4-2-10)21-16(23)20-8-12(22)9-24-13-5-6-14(18)15(19)7-13/h1-7,12,22H,8-9H2,(H2,20,21,23). The van der Waals surface area contributed by atoms with Gasteiger partial charge in [0.15, 0.2) is 11.6 Å². The van der Waals surface area contributed by atoms with Crippen LogP contribution >= 0.6 is 0 Å². The first-order valence-corrected chi connectivity index (χ1v) is 7.00. The van der Waals surface area contributed by atoms with Crippen LogP contribution < -0.4 is 15.4 Å². The van der Waals surface area contributed by atoms with Crippen LogP contribution in [0.2, 0.25) is 0 Å². The molecule has 0 bridgehead atoms. The summed E-state index contributed by atoms with van der Waals surface area (Å²) in [6.07, 6.45) is -1.06. The van der Waals surface area contributed by atoms with E-state index in [4.69, 9.17) is 4.74 Å². The zero-order chi connectivity index (χ0) is 17.5. The van der Waals surface area contributed by atoms with Gasteiger partial charge in [-0.1, -0.05) is 0 Å². The van der Waals surface area contributed by atoms with Gasteiger partial charge in [-0.05, 0) is 36.4 Å². The Labute approximate surface area is 136 Å². The fraction of sp³-hybridized carbons (Fsp3) is 0.188. The number of halogens is 3. The number of carbonyl (C=O) groups is 1. The predicted octanol–water partition coefficient (Wildman–Crippen LogP) is 2.67. The molecule has 8 heteroatoms. The van der Waals surface area contributed by atoms with E-state index in [2.05, 4.69) is 10.6 Å². The Balaban J connectivity index is 1.72. The van der Waals surface area contributed by atoms with Crippen molar-refractivity contribution in [1.82, 2.24) is 5.32 Å². The largest absolute Gasteiger partial charge is 0.491 e. The molecule has 5 nitrogen and oxygen atoms in total. The van der Waals surface area contributed by atoms with Gasteiger partial charge in [0.2, 0.25) is 0 Å². The van der Waals surface area contributed by atoms with Gasteiger partial charge in [-0.3, -0.25) is 0 Å². The maximum atomic E-state index is 13.0. The van der Waals surface area contributed by atoms with Gasteiger partial charge >= 0.3 is 6.03 Å². The fourth-order valence-electron chi connectivity index (χ4n) is 1.74. The van der Waals surface area contributed by atoms with Crippen molar-refractivity contribution < 1.29 is 27.8 Å². The number of hydrogen-bond donors (Lipinski definition) is 3.